The van der Waals surface area contributed by atoms with Crippen LogP contribution < -0.4 is 0 Å². The Labute approximate surface area is 182 Å². The van der Waals surface area contributed by atoms with Gasteiger partial charge in [-0.2, -0.15) is 0 Å². The summed E-state index contributed by atoms with van der Waals surface area (Å²) in [6.07, 6.45) is 3.03. The summed E-state index contributed by atoms with van der Waals surface area (Å²) in [6.45, 7) is 6.34. The van der Waals surface area contributed by atoms with Crippen molar-refractivity contribution < 1.29 is 29.2 Å². The lowest BCUT2D eigenvalue weighted by Gasteiger charge is -2.56. The highest BCUT2D eigenvalue weighted by Crippen LogP contribution is 2.52. The smallest absolute Gasteiger partial charge is 0.181 e. The molecule has 0 bridgehead atoms. The van der Waals surface area contributed by atoms with Gasteiger partial charge in [-0.3, -0.25) is 0 Å². The first-order valence-electron chi connectivity index (χ1n) is 9.38. The molecule has 2 spiro atoms. The van der Waals surface area contributed by atoms with Gasteiger partial charge in [0, 0.05) is 23.7 Å². The van der Waals surface area contributed by atoms with Gasteiger partial charge in [-0.1, -0.05) is 59.0 Å². The van der Waals surface area contributed by atoms with E-state index in [4.69, 9.17) is 18.9 Å². The Morgan fingerprint density at radius 2 is 1.04 bits per heavy atom. The zero-order valence-corrected chi connectivity index (χ0v) is 19.8. The van der Waals surface area contributed by atoms with Crippen LogP contribution in [0.5, 0.6) is 0 Å². The molecule has 2 aliphatic heterocycles. The predicted molar refractivity (Wildman–Crippen MR) is 114 cm³/mol. The van der Waals surface area contributed by atoms with Crippen LogP contribution in [-0.2, 0) is 18.9 Å². The molecule has 3 fully saturated rings. The first-order valence-corrected chi connectivity index (χ1v) is 11.9. The number of halogens is 2. The minimum absolute atomic E-state index is 0.0789. The molecule has 1 aliphatic carbocycles. The van der Waals surface area contributed by atoms with E-state index in [-0.39, 0.29) is 31.9 Å². The van der Waals surface area contributed by atoms with Gasteiger partial charge in [0.1, 0.15) is 0 Å². The van der Waals surface area contributed by atoms with Gasteiger partial charge in [-0.05, 0) is 12.8 Å². The Morgan fingerprint density at radius 1 is 0.731 bits per heavy atom. The van der Waals surface area contributed by atoms with E-state index in [9.17, 15) is 10.2 Å². The fourth-order valence-electron chi connectivity index (χ4n) is 3.75. The van der Waals surface area contributed by atoms with Gasteiger partial charge in [-0.25, -0.2) is 0 Å². The third-order valence-corrected chi connectivity index (χ3v) is 9.32. The summed E-state index contributed by atoms with van der Waals surface area (Å²) in [6, 6.07) is 0. The van der Waals surface area contributed by atoms with Crippen molar-refractivity contribution in [2.75, 3.05) is 39.6 Å². The molecule has 2 atom stereocenters. The van der Waals surface area contributed by atoms with Gasteiger partial charge in [0.05, 0.1) is 47.5 Å². The number of alkyl halides is 2. The van der Waals surface area contributed by atoms with Crippen LogP contribution in [0, 0.1) is 10.8 Å². The summed E-state index contributed by atoms with van der Waals surface area (Å²) >= 11 is 4.78. The number of hydrogen-bond donors (Lipinski definition) is 2. The maximum absolute atomic E-state index is 9.72. The van der Waals surface area contributed by atoms with Crippen LogP contribution in [0.4, 0.5) is 0 Å². The molecule has 2 unspecified atom stereocenters. The van der Waals surface area contributed by atoms with Crippen LogP contribution >= 0.6 is 45.2 Å². The van der Waals surface area contributed by atoms with Crippen LogP contribution in [0.1, 0.15) is 39.5 Å². The maximum atomic E-state index is 9.72. The monoisotopic (exact) mass is 596 g/mol. The molecule has 3 rings (SSSR count). The van der Waals surface area contributed by atoms with Crippen molar-refractivity contribution in [2.24, 2.45) is 10.8 Å². The highest BCUT2D eigenvalue weighted by molar-refractivity contribution is 14.1. The van der Waals surface area contributed by atoms with E-state index < -0.39 is 11.6 Å². The van der Waals surface area contributed by atoms with E-state index in [1.54, 1.807) is 0 Å². The molecule has 0 radical (unpaired) electrons. The first kappa shape index (κ1) is 21.9. The first-order chi connectivity index (χ1) is 12.3. The van der Waals surface area contributed by atoms with E-state index in [1.807, 2.05) is 0 Å². The highest BCUT2D eigenvalue weighted by Gasteiger charge is 2.60. The minimum atomic E-state index is -0.644. The molecule has 0 amide bonds. The third kappa shape index (κ3) is 3.70. The Hall–Kier alpha value is 1.22. The van der Waals surface area contributed by atoms with Crippen molar-refractivity contribution >= 4 is 45.2 Å². The highest BCUT2D eigenvalue weighted by atomic mass is 127. The second kappa shape index (κ2) is 8.16. The number of hydrogen-bond acceptors (Lipinski definition) is 6. The maximum Gasteiger partial charge on any atom is 0.181 e. The molecule has 8 heteroatoms. The third-order valence-electron chi connectivity index (χ3n) is 6.54. The molecule has 152 valence electrons. The van der Waals surface area contributed by atoms with Gasteiger partial charge < -0.3 is 29.2 Å². The molecule has 3 aliphatic rings. The molecule has 0 aromatic heterocycles. The van der Waals surface area contributed by atoms with Crippen molar-refractivity contribution in [1.82, 2.24) is 0 Å². The summed E-state index contributed by atoms with van der Waals surface area (Å²) in [5, 5.41) is 19.4. The minimum Gasteiger partial charge on any atom is -0.396 e. The van der Waals surface area contributed by atoms with Crippen molar-refractivity contribution in [1.29, 1.82) is 0 Å². The number of aliphatic hydroxyl groups is 2. The summed E-state index contributed by atoms with van der Waals surface area (Å²) in [4.78, 5) is 0. The van der Waals surface area contributed by atoms with Gasteiger partial charge in [0.15, 0.2) is 11.6 Å². The van der Waals surface area contributed by atoms with Gasteiger partial charge in [0.25, 0.3) is 0 Å². The molecule has 2 N–H and O–H groups in total. The lowest BCUT2D eigenvalue weighted by molar-refractivity contribution is -0.361. The molecule has 6 nitrogen and oxygen atoms in total. The van der Waals surface area contributed by atoms with E-state index >= 15 is 0 Å². The summed E-state index contributed by atoms with van der Waals surface area (Å²) in [7, 11) is 0. The molecular formula is C18H30I2O6. The SMILES string of the molecule is CCC1(CO)COC2(CC(I)C3(CC2I)OCC(CC)(CO)CO3)OC1. The number of ether oxygens (including phenoxy) is 4. The molecular weight excluding hydrogens is 566 g/mol. The standard InChI is InChI=1S/C18H30I2O6/c1-3-15(7-21)9-23-17(24-10-15)5-14(20)18(6-13(17)19)25-11-16(4-2,8-22)12-26-18/h13-14,21-22H,3-12H2,1-2H3. The second-order valence-corrected chi connectivity index (χ2v) is 11.2. The zero-order valence-electron chi connectivity index (χ0n) is 15.5. The molecule has 2 heterocycles. The fourth-order valence-corrected chi connectivity index (χ4v) is 6.20. The summed E-state index contributed by atoms with van der Waals surface area (Å²) in [5.74, 6) is -1.29. The lowest BCUT2D eigenvalue weighted by Crippen LogP contribution is -2.66. The van der Waals surface area contributed by atoms with Crippen LogP contribution in [0.2, 0.25) is 0 Å². The van der Waals surface area contributed by atoms with E-state index in [2.05, 4.69) is 59.0 Å². The predicted octanol–water partition coefficient (Wildman–Crippen LogP) is 2.65. The van der Waals surface area contributed by atoms with E-state index in [1.165, 1.54) is 0 Å². The van der Waals surface area contributed by atoms with Crippen LogP contribution in [-0.4, -0.2) is 69.3 Å². The Balaban J connectivity index is 1.69. The molecule has 1 saturated carbocycles. The van der Waals surface area contributed by atoms with Crippen molar-refractivity contribution in [3.05, 3.63) is 0 Å². The average Bonchev–Trinajstić information content (AvgIpc) is 2.68. The molecule has 26 heavy (non-hydrogen) atoms. The summed E-state index contributed by atoms with van der Waals surface area (Å²) in [5.41, 5.74) is -0.589. The van der Waals surface area contributed by atoms with Crippen LogP contribution in [0.25, 0.3) is 0 Å². The molecule has 2 saturated heterocycles. The molecule has 0 aromatic carbocycles. The fraction of sp³-hybridized carbons (Fsp3) is 1.00. The van der Waals surface area contributed by atoms with Crippen molar-refractivity contribution in [3.63, 3.8) is 0 Å². The van der Waals surface area contributed by atoms with E-state index in [0.29, 0.717) is 39.3 Å². The van der Waals surface area contributed by atoms with Crippen LogP contribution in [0.15, 0.2) is 0 Å². The van der Waals surface area contributed by atoms with Gasteiger partial charge in [-0.15, -0.1) is 0 Å². The Bertz CT molecular complexity index is 430. The summed E-state index contributed by atoms with van der Waals surface area (Å²) < 4.78 is 25.2. The largest absolute Gasteiger partial charge is 0.396 e. The van der Waals surface area contributed by atoms with Gasteiger partial charge in [0.2, 0.25) is 0 Å². The van der Waals surface area contributed by atoms with E-state index in [0.717, 1.165) is 12.8 Å². The quantitative estimate of drug-likeness (QED) is 0.384. The van der Waals surface area contributed by atoms with Crippen LogP contribution in [0.3, 0.4) is 0 Å². The topological polar surface area (TPSA) is 77.4 Å². The Morgan fingerprint density at radius 3 is 1.27 bits per heavy atom. The van der Waals surface area contributed by atoms with Crippen molar-refractivity contribution in [3.8, 4) is 0 Å². The number of aliphatic hydroxyl groups excluding tert-OH is 2. The van der Waals surface area contributed by atoms with Crippen molar-refractivity contribution in [2.45, 2.75) is 59.0 Å². The lowest BCUT2D eigenvalue weighted by atomic mass is 9.82. The number of rotatable bonds is 4. The second-order valence-electron chi connectivity index (χ2n) is 8.15. The zero-order chi connectivity index (χ0) is 19.1. The van der Waals surface area contributed by atoms with Gasteiger partial charge >= 0.3 is 0 Å². The normalized spacial score (nSPS) is 49.6. The molecule has 0 aromatic rings. The average molecular weight is 596 g/mol. The Kier molecular flexibility index (Phi) is 6.88.